The fourth-order valence-corrected chi connectivity index (χ4v) is 4.51. The van der Waals surface area contributed by atoms with E-state index in [0.29, 0.717) is 6.04 Å². The van der Waals surface area contributed by atoms with Crippen LogP contribution in [0.4, 0.5) is 13.2 Å². The molecule has 1 aromatic heterocycles. The van der Waals surface area contributed by atoms with E-state index < -0.39 is 24.5 Å². The normalized spacial score (nSPS) is 18.8. The first-order valence-corrected chi connectivity index (χ1v) is 12.7. The van der Waals surface area contributed by atoms with Crippen molar-refractivity contribution in [2.75, 3.05) is 19.6 Å². The molecule has 0 radical (unpaired) electrons. The molecule has 5 rings (SSSR count). The Kier molecular flexibility index (Phi) is 7.90. The largest absolute Gasteiger partial charge is 0.491 e. The Morgan fingerprint density at radius 3 is 2.70 bits per heavy atom. The van der Waals surface area contributed by atoms with Gasteiger partial charge < -0.3 is 24.8 Å². The number of rotatable bonds is 7. The van der Waals surface area contributed by atoms with E-state index in [2.05, 4.69) is 27.2 Å². The van der Waals surface area contributed by atoms with Gasteiger partial charge in [0.15, 0.2) is 11.5 Å². The summed E-state index contributed by atoms with van der Waals surface area (Å²) in [6.07, 6.45) is -5.19. The number of halogens is 3. The molecule has 2 atom stereocenters. The van der Waals surface area contributed by atoms with Gasteiger partial charge in [0.25, 0.3) is 5.91 Å². The molecule has 2 N–H and O–H groups in total. The first kappa shape index (κ1) is 27.4. The Morgan fingerprint density at radius 2 is 1.90 bits per heavy atom. The second-order valence-electron chi connectivity index (χ2n) is 9.58. The molecule has 1 unspecified atom stereocenters. The van der Waals surface area contributed by atoms with Crippen LogP contribution in [0, 0.1) is 0 Å². The highest BCUT2D eigenvalue weighted by molar-refractivity contribution is 5.95. The summed E-state index contributed by atoms with van der Waals surface area (Å²) in [7, 11) is 0. The average Bonchev–Trinajstić information content (AvgIpc) is 3.33. The second kappa shape index (κ2) is 11.5. The number of amides is 1. The molecule has 12 heteroatoms. The molecule has 2 aliphatic heterocycles. The van der Waals surface area contributed by atoms with Gasteiger partial charge in [-0.1, -0.05) is 24.3 Å². The number of alkyl halides is 3. The summed E-state index contributed by atoms with van der Waals surface area (Å²) in [6, 6.07) is 18.2. The quantitative estimate of drug-likeness (QED) is 0.426. The average molecular weight is 557 g/mol. The minimum absolute atomic E-state index is 0.0177. The molecule has 2 aromatic carbocycles. The lowest BCUT2D eigenvalue weighted by Gasteiger charge is -2.31. The number of esters is 1. The fourth-order valence-electron chi connectivity index (χ4n) is 4.51. The molecule has 9 nitrogen and oxygen atoms in total. The van der Waals surface area contributed by atoms with Crippen LogP contribution in [0.25, 0.3) is 11.3 Å². The van der Waals surface area contributed by atoms with E-state index in [-0.39, 0.29) is 23.6 Å². The number of fused-ring (bicyclic) bond motifs is 1. The monoisotopic (exact) mass is 556 g/mol. The molecule has 2 aliphatic rings. The molecule has 1 saturated heterocycles. The van der Waals surface area contributed by atoms with Crippen LogP contribution in [-0.2, 0) is 22.6 Å². The van der Waals surface area contributed by atoms with Crippen LogP contribution in [0.5, 0.6) is 11.5 Å². The number of nitrogens with zero attached hydrogens (tertiary/aromatic N) is 2. The number of piperazine rings is 1. The van der Waals surface area contributed by atoms with Gasteiger partial charge >= 0.3 is 18.6 Å². The molecular weight excluding hydrogens is 529 g/mol. The number of hydrogen-bond acceptors (Lipinski definition) is 8. The number of carbonyl (C=O) groups excluding carboxylic acids is 2. The lowest BCUT2D eigenvalue weighted by Crippen LogP contribution is -2.48. The van der Waals surface area contributed by atoms with Gasteiger partial charge in [-0.05, 0) is 48.9 Å². The fraction of sp³-hybridized carbons (Fsp3) is 0.321. The van der Waals surface area contributed by atoms with Gasteiger partial charge in [-0.2, -0.15) is 13.2 Å². The predicted molar refractivity (Wildman–Crippen MR) is 137 cm³/mol. The Labute approximate surface area is 228 Å². The third kappa shape index (κ3) is 6.69. The van der Waals surface area contributed by atoms with Gasteiger partial charge in [0, 0.05) is 49.9 Å². The number of benzene rings is 2. The second-order valence-corrected chi connectivity index (χ2v) is 9.58. The van der Waals surface area contributed by atoms with Crippen LogP contribution in [0.15, 0.2) is 60.7 Å². The van der Waals surface area contributed by atoms with E-state index in [1.165, 1.54) is 18.2 Å². The molecule has 0 aliphatic carbocycles. The van der Waals surface area contributed by atoms with Gasteiger partial charge in [-0.3, -0.25) is 14.7 Å². The molecule has 0 bridgehead atoms. The first-order chi connectivity index (χ1) is 19.1. The number of ether oxygens (including phenoxy) is 3. The first-order valence-electron chi connectivity index (χ1n) is 12.7. The van der Waals surface area contributed by atoms with Crippen LogP contribution < -0.4 is 20.1 Å². The van der Waals surface area contributed by atoms with Crippen molar-refractivity contribution in [2.24, 2.45) is 0 Å². The maximum absolute atomic E-state index is 12.8. The van der Waals surface area contributed by atoms with Crippen molar-refractivity contribution < 1.29 is 37.0 Å². The maximum atomic E-state index is 12.8. The number of aromatic nitrogens is 1. The zero-order chi connectivity index (χ0) is 28.3. The van der Waals surface area contributed by atoms with E-state index in [1.807, 2.05) is 42.5 Å². The van der Waals surface area contributed by atoms with Crippen LogP contribution in [-0.4, -0.2) is 60.1 Å². The molecule has 3 heterocycles. The van der Waals surface area contributed by atoms with Gasteiger partial charge in [-0.15, -0.1) is 0 Å². The smallest absolute Gasteiger partial charge is 0.419 e. The molecule has 1 amide bonds. The standard InChI is InChI=1S/C28H27F3N4O5/c1-17-15-35(11-10-32-17)16-21-6-3-7-22(34-21)19-5-2-4-18(12-19)14-33-25(36)20-8-9-23-24(13-20)39-27(38-23)40-26(37)28(29,30)31/h2-9,12-13,17,27,32H,10-11,14-16H2,1H3,(H,33,36)/t17-,27?/m0/s1. The van der Waals surface area contributed by atoms with E-state index in [0.717, 1.165) is 48.7 Å². The summed E-state index contributed by atoms with van der Waals surface area (Å²) >= 11 is 0. The summed E-state index contributed by atoms with van der Waals surface area (Å²) in [6.45, 7) is 4.18. The Hall–Kier alpha value is -4.16. The lowest BCUT2D eigenvalue weighted by molar-refractivity contribution is -0.237. The highest BCUT2D eigenvalue weighted by atomic mass is 19.4. The summed E-state index contributed by atoms with van der Waals surface area (Å²) in [5, 5.41) is 6.26. The van der Waals surface area contributed by atoms with Gasteiger partial charge in [-0.25, -0.2) is 4.79 Å². The number of hydrogen-bond donors (Lipinski definition) is 2. The highest BCUT2D eigenvalue weighted by Crippen LogP contribution is 2.36. The van der Waals surface area contributed by atoms with E-state index in [4.69, 9.17) is 14.5 Å². The zero-order valence-electron chi connectivity index (χ0n) is 21.5. The van der Waals surface area contributed by atoms with Crippen LogP contribution in [0.1, 0.15) is 28.5 Å². The Bertz CT molecular complexity index is 1400. The maximum Gasteiger partial charge on any atom is 0.491 e. The molecule has 0 spiro atoms. The van der Waals surface area contributed by atoms with Crippen molar-refractivity contribution in [3.8, 4) is 22.8 Å². The van der Waals surface area contributed by atoms with Crippen LogP contribution >= 0.6 is 0 Å². The molecule has 0 saturated carbocycles. The van der Waals surface area contributed by atoms with Crippen molar-refractivity contribution in [1.29, 1.82) is 0 Å². The molecule has 210 valence electrons. The summed E-state index contributed by atoms with van der Waals surface area (Å²) in [4.78, 5) is 31.0. The predicted octanol–water partition coefficient (Wildman–Crippen LogP) is 3.63. The summed E-state index contributed by atoms with van der Waals surface area (Å²) in [5.41, 5.74) is 3.80. The SMILES string of the molecule is C[C@H]1CN(Cc2cccc(-c3cccc(CNC(=O)c4ccc5c(c4)OC(OC(=O)C(F)(F)F)O5)c3)n2)CCN1. The third-order valence-electron chi connectivity index (χ3n) is 6.41. The zero-order valence-corrected chi connectivity index (χ0v) is 21.5. The van der Waals surface area contributed by atoms with E-state index >= 15 is 0 Å². The van der Waals surface area contributed by atoms with Gasteiger partial charge in [0.1, 0.15) is 0 Å². The topological polar surface area (TPSA) is 102 Å². The molecule has 1 fully saturated rings. The minimum Gasteiger partial charge on any atom is -0.419 e. The van der Waals surface area contributed by atoms with Gasteiger partial charge in [0.05, 0.1) is 11.4 Å². The number of pyridine rings is 1. The van der Waals surface area contributed by atoms with Crippen molar-refractivity contribution in [3.63, 3.8) is 0 Å². The van der Waals surface area contributed by atoms with Crippen molar-refractivity contribution >= 4 is 11.9 Å². The minimum atomic E-state index is -5.19. The van der Waals surface area contributed by atoms with Crippen molar-refractivity contribution in [2.45, 2.75) is 38.7 Å². The highest BCUT2D eigenvalue weighted by Gasteiger charge is 2.44. The van der Waals surface area contributed by atoms with Crippen molar-refractivity contribution in [1.82, 2.24) is 20.5 Å². The number of carbonyl (C=O) groups is 2. The molecule has 3 aromatic rings. The van der Waals surface area contributed by atoms with Gasteiger partial charge in [0.2, 0.25) is 0 Å². The third-order valence-corrected chi connectivity index (χ3v) is 6.41. The van der Waals surface area contributed by atoms with Crippen LogP contribution in [0.2, 0.25) is 0 Å². The summed E-state index contributed by atoms with van der Waals surface area (Å²) in [5.74, 6) is -2.85. The Morgan fingerprint density at radius 1 is 1.10 bits per heavy atom. The number of nitrogens with one attached hydrogen (secondary N) is 2. The molecule has 40 heavy (non-hydrogen) atoms. The molecular formula is C28H27F3N4O5. The Balaban J connectivity index is 1.19. The van der Waals surface area contributed by atoms with Crippen LogP contribution in [0.3, 0.4) is 0 Å². The lowest BCUT2D eigenvalue weighted by atomic mass is 10.1. The summed E-state index contributed by atoms with van der Waals surface area (Å²) < 4.78 is 51.5. The van der Waals surface area contributed by atoms with Crippen molar-refractivity contribution in [3.05, 3.63) is 77.5 Å². The van der Waals surface area contributed by atoms with E-state index in [1.54, 1.807) is 0 Å². The van der Waals surface area contributed by atoms with E-state index in [9.17, 15) is 22.8 Å².